The van der Waals surface area contributed by atoms with Crippen LogP contribution in [0.3, 0.4) is 0 Å². The number of rotatable bonds is 14. The van der Waals surface area contributed by atoms with Crippen LogP contribution in [0.2, 0.25) is 0 Å². The highest BCUT2D eigenvalue weighted by molar-refractivity contribution is 6.86. The average Bonchev–Trinajstić information content (AvgIpc) is 2.62. The number of aryl methyl sites for hydroxylation is 1. The van der Waals surface area contributed by atoms with E-state index >= 15 is 0 Å². The van der Waals surface area contributed by atoms with Gasteiger partial charge in [0.1, 0.15) is 0 Å². The van der Waals surface area contributed by atoms with Crippen molar-refractivity contribution in [3.63, 3.8) is 0 Å². The molecule has 27 heavy (non-hydrogen) atoms. The molecule has 0 bridgehead atoms. The van der Waals surface area contributed by atoms with Crippen molar-refractivity contribution in [2.24, 2.45) is 0 Å². The Morgan fingerprint density at radius 1 is 0.556 bits per heavy atom. The van der Waals surface area contributed by atoms with Gasteiger partial charge in [-0.25, -0.2) is 0 Å². The molecule has 0 aliphatic carbocycles. The van der Waals surface area contributed by atoms with Gasteiger partial charge in [-0.2, -0.15) is 0 Å². The first-order valence-electron chi connectivity index (χ1n) is 9.94. The molecule has 1 aromatic rings. The molecule has 0 saturated heterocycles. The SMILES string of the molecule is CCO[Si](OCC)(OCC)c1ccc(C)cc1[Si](OCC)(OCC)OCC. The number of hydrogen-bond acceptors (Lipinski definition) is 6. The van der Waals surface area contributed by atoms with E-state index in [4.69, 9.17) is 26.6 Å². The van der Waals surface area contributed by atoms with Crippen molar-refractivity contribution < 1.29 is 26.6 Å². The molecule has 0 fully saturated rings. The van der Waals surface area contributed by atoms with Gasteiger partial charge >= 0.3 is 17.6 Å². The smallest absolute Gasteiger partial charge is 0.370 e. The lowest BCUT2D eigenvalue weighted by molar-refractivity contribution is 0.0806. The molecule has 0 aromatic heterocycles. The van der Waals surface area contributed by atoms with E-state index in [1.54, 1.807) is 0 Å². The maximum absolute atomic E-state index is 6.17. The van der Waals surface area contributed by atoms with Crippen LogP contribution in [-0.4, -0.2) is 57.3 Å². The Morgan fingerprint density at radius 2 is 0.889 bits per heavy atom. The number of benzene rings is 1. The van der Waals surface area contributed by atoms with Gasteiger partial charge in [-0.3, -0.25) is 0 Å². The lowest BCUT2D eigenvalue weighted by Crippen LogP contribution is -2.70. The first-order chi connectivity index (χ1) is 13.0. The van der Waals surface area contributed by atoms with E-state index in [1.165, 1.54) is 0 Å². The molecule has 0 spiro atoms. The maximum atomic E-state index is 6.17. The van der Waals surface area contributed by atoms with Crippen molar-refractivity contribution in [3.8, 4) is 0 Å². The monoisotopic (exact) mass is 416 g/mol. The molecule has 0 radical (unpaired) electrons. The van der Waals surface area contributed by atoms with Crippen LogP contribution in [0.4, 0.5) is 0 Å². The second-order valence-corrected chi connectivity index (χ2v) is 10.8. The molecule has 0 heterocycles. The zero-order chi connectivity index (χ0) is 20.3. The molecule has 0 aliphatic heterocycles. The highest BCUT2D eigenvalue weighted by Crippen LogP contribution is 2.17. The third-order valence-electron chi connectivity index (χ3n) is 3.84. The minimum Gasteiger partial charge on any atom is -0.370 e. The van der Waals surface area contributed by atoms with Gasteiger partial charge in [0.25, 0.3) is 0 Å². The Kier molecular flexibility index (Phi) is 10.9. The summed E-state index contributed by atoms with van der Waals surface area (Å²) in [6, 6.07) is 6.14. The topological polar surface area (TPSA) is 55.4 Å². The summed E-state index contributed by atoms with van der Waals surface area (Å²) in [4.78, 5) is 0. The van der Waals surface area contributed by atoms with Crippen molar-refractivity contribution in [3.05, 3.63) is 23.8 Å². The van der Waals surface area contributed by atoms with E-state index in [0.29, 0.717) is 39.6 Å². The predicted molar refractivity (Wildman–Crippen MR) is 112 cm³/mol. The van der Waals surface area contributed by atoms with E-state index < -0.39 is 17.6 Å². The van der Waals surface area contributed by atoms with Crippen LogP contribution in [0, 0.1) is 6.92 Å². The van der Waals surface area contributed by atoms with E-state index in [1.807, 2.05) is 60.6 Å². The van der Waals surface area contributed by atoms with Crippen molar-refractivity contribution in [2.75, 3.05) is 39.6 Å². The molecule has 0 N–H and O–H groups in total. The number of hydrogen-bond donors (Lipinski definition) is 0. The molecule has 1 rings (SSSR count). The van der Waals surface area contributed by atoms with Crippen LogP contribution in [0.15, 0.2) is 18.2 Å². The summed E-state index contributed by atoms with van der Waals surface area (Å²) in [5.74, 6) is 0. The lowest BCUT2D eigenvalue weighted by Gasteiger charge is -2.35. The van der Waals surface area contributed by atoms with E-state index in [2.05, 4.69) is 6.07 Å². The first kappa shape index (κ1) is 24.5. The quantitative estimate of drug-likeness (QED) is 0.434. The first-order valence-corrected chi connectivity index (χ1v) is 13.4. The summed E-state index contributed by atoms with van der Waals surface area (Å²) in [5.41, 5.74) is 1.09. The van der Waals surface area contributed by atoms with Crippen LogP contribution in [0.5, 0.6) is 0 Å². The van der Waals surface area contributed by atoms with Crippen LogP contribution >= 0.6 is 0 Å². The van der Waals surface area contributed by atoms with Crippen molar-refractivity contribution >= 4 is 28.0 Å². The Balaban J connectivity index is 3.72. The Morgan fingerprint density at radius 3 is 1.22 bits per heavy atom. The third-order valence-corrected chi connectivity index (χ3v) is 10.3. The van der Waals surface area contributed by atoms with E-state index in [9.17, 15) is 0 Å². The summed E-state index contributed by atoms with van der Waals surface area (Å²) in [6.07, 6.45) is 0. The molecule has 0 aliphatic rings. The molecule has 0 unspecified atom stereocenters. The molecule has 0 saturated carbocycles. The second kappa shape index (κ2) is 12.1. The van der Waals surface area contributed by atoms with Crippen molar-refractivity contribution in [2.45, 2.75) is 48.5 Å². The van der Waals surface area contributed by atoms with Gasteiger partial charge < -0.3 is 26.6 Å². The van der Waals surface area contributed by atoms with Gasteiger partial charge in [0.2, 0.25) is 0 Å². The molecule has 6 nitrogen and oxygen atoms in total. The largest absolute Gasteiger partial charge is 0.537 e. The van der Waals surface area contributed by atoms with Gasteiger partial charge in [-0.05, 0) is 48.5 Å². The Labute approximate surface area is 166 Å². The Bertz CT molecular complexity index is 521. The summed E-state index contributed by atoms with van der Waals surface area (Å²) < 4.78 is 37.0. The molecular formula is C19H36O6Si2. The van der Waals surface area contributed by atoms with Gasteiger partial charge in [-0.1, -0.05) is 23.8 Å². The van der Waals surface area contributed by atoms with Crippen molar-refractivity contribution in [1.29, 1.82) is 0 Å². The minimum absolute atomic E-state index is 0.492. The van der Waals surface area contributed by atoms with Crippen LogP contribution in [0.1, 0.15) is 47.1 Å². The van der Waals surface area contributed by atoms with E-state index in [0.717, 1.165) is 15.9 Å². The molecule has 1 aromatic carbocycles. The summed E-state index contributed by atoms with van der Waals surface area (Å²) in [5, 5.41) is 1.76. The molecule has 0 atom stereocenters. The van der Waals surface area contributed by atoms with Crippen molar-refractivity contribution in [1.82, 2.24) is 0 Å². The summed E-state index contributed by atoms with van der Waals surface area (Å²) in [6.45, 7) is 16.7. The predicted octanol–water partition coefficient (Wildman–Crippen LogP) is 2.51. The molecule has 0 amide bonds. The zero-order valence-corrected chi connectivity index (χ0v) is 19.9. The van der Waals surface area contributed by atoms with Crippen LogP contribution in [-0.2, 0) is 26.6 Å². The second-order valence-electron chi connectivity index (χ2n) is 5.76. The maximum Gasteiger partial charge on any atom is 0.537 e. The van der Waals surface area contributed by atoms with Gasteiger partial charge in [0, 0.05) is 50.0 Å². The third kappa shape index (κ3) is 5.94. The normalized spacial score (nSPS) is 12.6. The van der Waals surface area contributed by atoms with E-state index in [-0.39, 0.29) is 0 Å². The minimum atomic E-state index is -3.15. The lowest BCUT2D eigenvalue weighted by atomic mass is 10.2. The van der Waals surface area contributed by atoms with Gasteiger partial charge in [0.15, 0.2) is 0 Å². The molecular weight excluding hydrogens is 380 g/mol. The fraction of sp³-hybridized carbons (Fsp3) is 0.684. The van der Waals surface area contributed by atoms with Crippen LogP contribution in [0.25, 0.3) is 0 Å². The average molecular weight is 417 g/mol. The highest BCUT2D eigenvalue weighted by atomic mass is 28.4. The molecule has 156 valence electrons. The zero-order valence-electron chi connectivity index (χ0n) is 17.9. The Hall–Kier alpha value is -0.586. The summed E-state index contributed by atoms with van der Waals surface area (Å²) in [7, 11) is -6.29. The van der Waals surface area contributed by atoms with Gasteiger partial charge in [0.05, 0.1) is 0 Å². The fourth-order valence-electron chi connectivity index (χ4n) is 3.04. The molecule has 8 heteroatoms. The highest BCUT2D eigenvalue weighted by Gasteiger charge is 2.53. The summed E-state index contributed by atoms with van der Waals surface area (Å²) >= 11 is 0. The van der Waals surface area contributed by atoms with Gasteiger partial charge in [-0.15, -0.1) is 0 Å². The fourth-order valence-corrected chi connectivity index (χ4v) is 9.17. The van der Waals surface area contributed by atoms with Crippen LogP contribution < -0.4 is 10.4 Å². The standard InChI is InChI=1S/C19H36O6Si2/c1-8-20-26(21-9-2,22-10-3)18-15-14-17(7)16-19(18)27(23-11-4,24-12-5)25-13-6/h14-16H,8-13H2,1-7H3.